The quantitative estimate of drug-likeness (QED) is 0.0684. The molecule has 5 aliphatic rings. The molecule has 338 valence electrons. The summed E-state index contributed by atoms with van der Waals surface area (Å²) in [6, 6.07) is 5.64. The molecule has 1 fully saturated rings. The van der Waals surface area contributed by atoms with E-state index < -0.39 is 17.8 Å². The van der Waals surface area contributed by atoms with Gasteiger partial charge in [-0.1, -0.05) is 19.1 Å². The SMILES string of the molecule is CCC1=C(C)c2cc3nc(cc4[nH]c(c5c6[nH]c(cc1n2)c(C)c6C(=O)N(CCN1CCOCC1)C5=O)[C@@H](CCC(=O)OCCO)[C@@H]4C)C(C)=C3C(=O)c1cn(CCOCCN)nn1. The standard InChI is InChI=1S/C46H56N10O8/c1-6-29-25(2)31-23-36-39(44(59)37-24-55(53-52-37)14-19-62-16-9-47)27(4)33(49-36)21-32-26(3)30(7-8-38(58)64-20-15-57)42(50-32)41-43-40(28(5)34(51-43)22-35(29)48-31)45(60)56(46(41)61)11-10-54-12-17-63-18-13-54/h21-24,26,30,50-51,57H,6-20,47H2,1-5H3/t26-,30-/m0/s1. The number of aliphatic hydroxyl groups excluding tert-OH is 1. The van der Waals surface area contributed by atoms with Crippen LogP contribution in [0.3, 0.4) is 0 Å². The number of ether oxygens (including phenoxy) is 3. The van der Waals surface area contributed by atoms with Crippen molar-refractivity contribution in [3.8, 4) is 0 Å². The Bertz CT molecular complexity index is 2630. The molecule has 1 saturated heterocycles. The normalized spacial score (nSPS) is 18.3. The van der Waals surface area contributed by atoms with Gasteiger partial charge in [-0.2, -0.15) is 0 Å². The summed E-state index contributed by atoms with van der Waals surface area (Å²) >= 11 is 0. The summed E-state index contributed by atoms with van der Waals surface area (Å²) in [7, 11) is 0. The van der Waals surface area contributed by atoms with Crippen molar-refractivity contribution >= 4 is 56.9 Å². The van der Waals surface area contributed by atoms with Crippen molar-refractivity contribution in [3.05, 3.63) is 80.9 Å². The molecular weight excluding hydrogens is 821 g/mol. The number of Topliss-reactive ketones (excluding diaryl/α,β-unsaturated/α-hetero) is 1. The molecule has 64 heavy (non-hydrogen) atoms. The van der Waals surface area contributed by atoms with Gasteiger partial charge in [-0.3, -0.25) is 29.0 Å². The molecule has 2 amide bonds. The molecule has 3 aromatic heterocycles. The minimum absolute atomic E-state index is 0.0133. The molecule has 0 radical (unpaired) electrons. The predicted octanol–water partition coefficient (Wildman–Crippen LogP) is 4.20. The zero-order valence-electron chi connectivity index (χ0n) is 37.1. The minimum atomic E-state index is -0.479. The molecule has 8 heterocycles. The van der Waals surface area contributed by atoms with Gasteiger partial charge in [-0.15, -0.1) is 5.10 Å². The van der Waals surface area contributed by atoms with E-state index in [4.69, 9.17) is 29.9 Å². The lowest BCUT2D eigenvalue weighted by molar-refractivity contribution is -0.144. The highest BCUT2D eigenvalue weighted by atomic mass is 16.5. The van der Waals surface area contributed by atoms with Crippen LogP contribution in [0, 0.1) is 6.92 Å². The van der Waals surface area contributed by atoms with Crippen LogP contribution in [0.2, 0.25) is 0 Å². The first kappa shape index (κ1) is 44.7. The topological polar surface area (TPSA) is 237 Å². The smallest absolute Gasteiger partial charge is 0.305 e. The third-order valence-electron chi connectivity index (χ3n) is 12.8. The highest BCUT2D eigenvalue weighted by molar-refractivity contribution is 6.34. The number of aromatic amines is 2. The molecule has 8 bridgehead atoms. The Hall–Kier alpha value is -5.92. The first-order valence-corrected chi connectivity index (χ1v) is 22.1. The summed E-state index contributed by atoms with van der Waals surface area (Å²) in [5, 5.41) is 17.8. The Morgan fingerprint density at radius 1 is 0.922 bits per heavy atom. The summed E-state index contributed by atoms with van der Waals surface area (Å²) in [4.78, 5) is 77.9. The van der Waals surface area contributed by atoms with Gasteiger partial charge in [-0.25, -0.2) is 14.6 Å². The second-order valence-corrected chi connectivity index (χ2v) is 16.6. The van der Waals surface area contributed by atoms with Gasteiger partial charge in [0, 0.05) is 67.9 Å². The molecule has 8 rings (SSSR count). The van der Waals surface area contributed by atoms with Gasteiger partial charge in [0.2, 0.25) is 5.78 Å². The first-order valence-electron chi connectivity index (χ1n) is 22.1. The maximum atomic E-state index is 15.1. The van der Waals surface area contributed by atoms with Crippen LogP contribution in [-0.4, -0.2) is 146 Å². The molecular formula is C46H56N10O8. The van der Waals surface area contributed by atoms with Crippen molar-refractivity contribution in [3.63, 3.8) is 0 Å². The van der Waals surface area contributed by atoms with Gasteiger partial charge in [0.25, 0.3) is 11.8 Å². The molecule has 0 saturated carbocycles. The molecule has 18 nitrogen and oxygen atoms in total. The van der Waals surface area contributed by atoms with Crippen LogP contribution in [0.25, 0.3) is 33.3 Å². The largest absolute Gasteiger partial charge is 0.463 e. The zero-order chi connectivity index (χ0) is 45.2. The number of fused-ring (bicyclic) bond motifs is 8. The number of ketones is 1. The van der Waals surface area contributed by atoms with Gasteiger partial charge < -0.3 is 35.0 Å². The number of nitrogens with two attached hydrogens (primary N) is 1. The van der Waals surface area contributed by atoms with E-state index in [0.717, 1.165) is 11.1 Å². The van der Waals surface area contributed by atoms with E-state index >= 15 is 4.79 Å². The molecule has 0 spiro atoms. The van der Waals surface area contributed by atoms with Crippen molar-refractivity contribution in [2.45, 2.75) is 72.3 Å². The molecule has 5 N–H and O–H groups in total. The molecule has 0 unspecified atom stereocenters. The van der Waals surface area contributed by atoms with Crippen LogP contribution >= 0.6 is 0 Å². The fourth-order valence-electron chi connectivity index (χ4n) is 9.20. The number of nitrogens with zero attached hydrogens (tertiary/aromatic N) is 7. The minimum Gasteiger partial charge on any atom is -0.463 e. The van der Waals surface area contributed by atoms with Gasteiger partial charge in [0.05, 0.1) is 90.8 Å². The molecule has 0 aromatic carbocycles. The summed E-state index contributed by atoms with van der Waals surface area (Å²) in [5.74, 6) is -2.38. The Labute approximate surface area is 370 Å². The fraction of sp³-hybridized carbons (Fsp3) is 0.478. The van der Waals surface area contributed by atoms with Crippen molar-refractivity contribution in [2.75, 3.05) is 72.4 Å². The number of rotatable bonds is 16. The number of aromatic nitrogens is 7. The number of carbonyl (C=O) groups is 4. The Balaban J connectivity index is 1.35. The lowest BCUT2D eigenvalue weighted by Crippen LogP contribution is -2.47. The van der Waals surface area contributed by atoms with Crippen LogP contribution in [0.4, 0.5) is 0 Å². The Morgan fingerprint density at radius 3 is 2.42 bits per heavy atom. The van der Waals surface area contributed by atoms with Crippen LogP contribution in [-0.2, 0) is 25.5 Å². The number of nitrogens with one attached hydrogen (secondary N) is 2. The third-order valence-corrected chi connectivity index (χ3v) is 12.8. The van der Waals surface area contributed by atoms with E-state index in [0.29, 0.717) is 145 Å². The lowest BCUT2D eigenvalue weighted by atomic mass is 9.84. The van der Waals surface area contributed by atoms with E-state index in [1.807, 2.05) is 45.9 Å². The number of esters is 1. The maximum absolute atomic E-state index is 15.1. The lowest BCUT2D eigenvalue weighted by Gasteiger charge is -2.31. The average molecular weight is 877 g/mol. The second kappa shape index (κ2) is 19.0. The maximum Gasteiger partial charge on any atom is 0.305 e. The predicted molar refractivity (Wildman–Crippen MR) is 238 cm³/mol. The summed E-state index contributed by atoms with van der Waals surface area (Å²) in [6.45, 7) is 14.1. The number of morpholine rings is 1. The van der Waals surface area contributed by atoms with Crippen LogP contribution in [0.1, 0.15) is 130 Å². The van der Waals surface area contributed by atoms with Gasteiger partial charge in [0.1, 0.15) is 6.61 Å². The summed E-state index contributed by atoms with van der Waals surface area (Å²) in [6.07, 6.45) is 2.55. The van der Waals surface area contributed by atoms with E-state index in [2.05, 4.69) is 32.1 Å². The summed E-state index contributed by atoms with van der Waals surface area (Å²) in [5.41, 5.74) is 14.5. The van der Waals surface area contributed by atoms with Crippen molar-refractivity contribution in [1.29, 1.82) is 0 Å². The second-order valence-electron chi connectivity index (χ2n) is 16.6. The molecule has 3 aromatic rings. The fourth-order valence-corrected chi connectivity index (χ4v) is 9.20. The number of amides is 2. The average Bonchev–Trinajstić information content (AvgIpc) is 4.09. The molecule has 5 aliphatic heterocycles. The van der Waals surface area contributed by atoms with Gasteiger partial charge >= 0.3 is 5.97 Å². The van der Waals surface area contributed by atoms with Crippen molar-refractivity contribution in [2.24, 2.45) is 5.73 Å². The number of hydrogen-bond donors (Lipinski definition) is 4. The van der Waals surface area contributed by atoms with Crippen LogP contribution in [0.5, 0.6) is 0 Å². The van der Waals surface area contributed by atoms with Crippen molar-refractivity contribution < 1.29 is 38.5 Å². The zero-order valence-corrected chi connectivity index (χ0v) is 37.1. The molecule has 0 aliphatic carbocycles. The van der Waals surface area contributed by atoms with Crippen LogP contribution < -0.4 is 5.73 Å². The van der Waals surface area contributed by atoms with E-state index in [1.165, 1.54) is 4.90 Å². The molecule has 18 heteroatoms. The number of aryl methyl sites for hydroxylation is 1. The highest BCUT2D eigenvalue weighted by Gasteiger charge is 2.41. The third kappa shape index (κ3) is 8.55. The van der Waals surface area contributed by atoms with Gasteiger partial charge in [-0.05, 0) is 74.1 Å². The summed E-state index contributed by atoms with van der Waals surface area (Å²) < 4.78 is 17.9. The first-order chi connectivity index (χ1) is 30.9. The number of aliphatic hydroxyl groups is 1. The Kier molecular flexibility index (Phi) is 13.3. The number of imide groups is 1. The number of carbonyl (C=O) groups excluding carboxylic acids is 4. The van der Waals surface area contributed by atoms with Crippen LogP contribution in [0.15, 0.2) is 24.4 Å². The number of H-pyrrole nitrogens is 2. The Morgan fingerprint density at radius 2 is 1.67 bits per heavy atom. The van der Waals surface area contributed by atoms with Crippen molar-refractivity contribution in [1.82, 2.24) is 44.7 Å². The highest BCUT2D eigenvalue weighted by Crippen LogP contribution is 2.45. The van der Waals surface area contributed by atoms with E-state index in [1.54, 1.807) is 10.9 Å². The van der Waals surface area contributed by atoms with E-state index in [9.17, 15) is 19.5 Å². The number of allylic oxidation sites excluding steroid dienone is 4. The van der Waals surface area contributed by atoms with Gasteiger partial charge in [0.15, 0.2) is 5.69 Å². The molecule has 2 atom stereocenters. The monoisotopic (exact) mass is 876 g/mol. The van der Waals surface area contributed by atoms with E-state index in [-0.39, 0.29) is 49.5 Å². The number of hydrogen-bond acceptors (Lipinski definition) is 14.